The summed E-state index contributed by atoms with van der Waals surface area (Å²) in [6.45, 7) is 2.26. The van der Waals surface area contributed by atoms with Crippen LogP contribution < -0.4 is 5.56 Å². The number of aromatic nitrogens is 2. The van der Waals surface area contributed by atoms with E-state index in [9.17, 15) is 9.59 Å². The topological polar surface area (TPSA) is 62.5 Å². The van der Waals surface area contributed by atoms with E-state index in [2.05, 4.69) is 0 Å². The van der Waals surface area contributed by atoms with E-state index in [1.54, 1.807) is 18.7 Å². The number of hydrogen-bond acceptors (Lipinski definition) is 4. The molecule has 0 aliphatic carbocycles. The highest BCUT2D eigenvalue weighted by atomic mass is 16.5. The molecule has 1 unspecified atom stereocenters. The van der Waals surface area contributed by atoms with Crippen LogP contribution in [0.2, 0.25) is 0 Å². The molecule has 0 saturated heterocycles. The van der Waals surface area contributed by atoms with Gasteiger partial charge in [-0.25, -0.2) is 4.79 Å². The molecule has 0 fully saturated rings. The number of hydrogen-bond donors (Lipinski definition) is 0. The zero-order chi connectivity index (χ0) is 15.9. The van der Waals surface area contributed by atoms with Crippen molar-refractivity contribution >= 4 is 16.9 Å². The van der Waals surface area contributed by atoms with Crippen molar-refractivity contribution in [2.75, 3.05) is 7.11 Å². The van der Waals surface area contributed by atoms with Crippen LogP contribution in [0.15, 0.2) is 40.4 Å². The molecule has 116 valence electrons. The number of para-hydroxylation sites is 1. The zero-order valence-corrected chi connectivity index (χ0v) is 12.8. The first-order chi connectivity index (χ1) is 10.5. The molecular weight excluding hydrogens is 284 g/mol. The van der Waals surface area contributed by atoms with Gasteiger partial charge in [0.1, 0.15) is 11.9 Å². The summed E-state index contributed by atoms with van der Waals surface area (Å²) < 4.78 is 14.0. The van der Waals surface area contributed by atoms with Gasteiger partial charge in [-0.3, -0.25) is 14.2 Å². The van der Waals surface area contributed by atoms with Gasteiger partial charge >= 0.3 is 5.97 Å². The third-order valence-corrected chi connectivity index (χ3v) is 4.08. The van der Waals surface area contributed by atoms with Crippen molar-refractivity contribution in [1.82, 2.24) is 9.36 Å². The molecule has 0 spiro atoms. The smallest absolute Gasteiger partial charge is 0.337 e. The standard InChI is InChI=1S/C16H18N2O4/c1-10-13(16(20)21-3)8-11(22-10)9-18-14-7-5-4-6-12(14)15(19)17(18)2/h4-7,11H,8-9H2,1-3H3. The minimum atomic E-state index is -0.355. The highest BCUT2D eigenvalue weighted by molar-refractivity contribution is 5.89. The Hall–Kier alpha value is -2.50. The van der Waals surface area contributed by atoms with E-state index in [1.165, 1.54) is 7.11 Å². The first kappa shape index (κ1) is 14.4. The van der Waals surface area contributed by atoms with E-state index in [0.717, 1.165) is 5.52 Å². The third kappa shape index (κ3) is 2.20. The number of benzene rings is 1. The van der Waals surface area contributed by atoms with Crippen molar-refractivity contribution in [3.05, 3.63) is 46.0 Å². The summed E-state index contributed by atoms with van der Waals surface area (Å²) >= 11 is 0. The maximum Gasteiger partial charge on any atom is 0.337 e. The Morgan fingerprint density at radius 3 is 2.86 bits per heavy atom. The number of ether oxygens (including phenoxy) is 2. The zero-order valence-electron chi connectivity index (χ0n) is 12.8. The van der Waals surface area contributed by atoms with Gasteiger partial charge in [0.15, 0.2) is 0 Å². The summed E-state index contributed by atoms with van der Waals surface area (Å²) in [6.07, 6.45) is 0.301. The van der Waals surface area contributed by atoms with Crippen molar-refractivity contribution < 1.29 is 14.3 Å². The van der Waals surface area contributed by atoms with Crippen LogP contribution in [0.5, 0.6) is 0 Å². The Balaban J connectivity index is 1.89. The van der Waals surface area contributed by atoms with E-state index in [1.807, 2.05) is 28.9 Å². The fourth-order valence-electron chi connectivity index (χ4n) is 2.93. The Morgan fingerprint density at radius 2 is 2.14 bits per heavy atom. The normalized spacial score (nSPS) is 17.9. The molecule has 22 heavy (non-hydrogen) atoms. The molecular formula is C16H18N2O4. The number of esters is 1. The highest BCUT2D eigenvalue weighted by Gasteiger charge is 2.29. The van der Waals surface area contributed by atoms with Gasteiger partial charge in [0.2, 0.25) is 0 Å². The molecule has 0 amide bonds. The summed E-state index contributed by atoms with van der Waals surface area (Å²) in [4.78, 5) is 23.9. The second-order valence-electron chi connectivity index (χ2n) is 5.40. The molecule has 1 aromatic heterocycles. The van der Waals surface area contributed by atoms with E-state index in [0.29, 0.717) is 29.7 Å². The predicted octanol–water partition coefficient (Wildman–Crippen LogP) is 1.58. The highest BCUT2D eigenvalue weighted by Crippen LogP contribution is 2.27. The van der Waals surface area contributed by atoms with Crippen LogP contribution in [0.25, 0.3) is 10.9 Å². The summed E-state index contributed by atoms with van der Waals surface area (Å²) in [6, 6.07) is 7.47. The minimum absolute atomic E-state index is 0.0357. The van der Waals surface area contributed by atoms with Crippen molar-refractivity contribution in [3.63, 3.8) is 0 Å². The SMILES string of the molecule is COC(=O)C1=C(C)OC(Cn2c3ccccc3c(=O)n2C)C1. The molecule has 6 nitrogen and oxygen atoms in total. The molecule has 0 saturated carbocycles. The monoisotopic (exact) mass is 302 g/mol. The summed E-state index contributed by atoms with van der Waals surface area (Å²) in [5.41, 5.74) is 1.39. The van der Waals surface area contributed by atoms with Crippen LogP contribution in [0.1, 0.15) is 13.3 Å². The van der Waals surface area contributed by atoms with Crippen LogP contribution in [-0.2, 0) is 27.9 Å². The largest absolute Gasteiger partial charge is 0.492 e. The predicted molar refractivity (Wildman–Crippen MR) is 81.4 cm³/mol. The van der Waals surface area contributed by atoms with Gasteiger partial charge in [0.05, 0.1) is 30.1 Å². The number of rotatable bonds is 3. The fourth-order valence-corrected chi connectivity index (χ4v) is 2.93. The van der Waals surface area contributed by atoms with Gasteiger partial charge in [-0.05, 0) is 19.1 Å². The molecule has 1 atom stereocenters. The van der Waals surface area contributed by atoms with Gasteiger partial charge in [0.25, 0.3) is 5.56 Å². The Labute approximate surface area is 127 Å². The number of nitrogens with zero attached hydrogens (tertiary/aromatic N) is 2. The lowest BCUT2D eigenvalue weighted by molar-refractivity contribution is -0.136. The fraction of sp³-hybridized carbons (Fsp3) is 0.375. The molecule has 1 aromatic carbocycles. The van der Waals surface area contributed by atoms with E-state index in [4.69, 9.17) is 9.47 Å². The average Bonchev–Trinajstić information content (AvgIpc) is 3.01. The van der Waals surface area contributed by atoms with Crippen molar-refractivity contribution in [3.8, 4) is 0 Å². The maximum absolute atomic E-state index is 12.2. The van der Waals surface area contributed by atoms with Crippen LogP contribution >= 0.6 is 0 Å². The Bertz CT molecular complexity index is 828. The average molecular weight is 302 g/mol. The molecule has 0 radical (unpaired) electrons. The van der Waals surface area contributed by atoms with Crippen LogP contribution in [-0.4, -0.2) is 28.5 Å². The number of carbonyl (C=O) groups is 1. The molecule has 1 aliphatic rings. The van der Waals surface area contributed by atoms with Crippen LogP contribution in [0, 0.1) is 0 Å². The van der Waals surface area contributed by atoms with E-state index in [-0.39, 0.29) is 17.6 Å². The van der Waals surface area contributed by atoms with Gasteiger partial charge in [-0.15, -0.1) is 0 Å². The number of fused-ring (bicyclic) bond motifs is 1. The quantitative estimate of drug-likeness (QED) is 0.808. The first-order valence-corrected chi connectivity index (χ1v) is 7.12. The van der Waals surface area contributed by atoms with Crippen LogP contribution in [0.3, 0.4) is 0 Å². The number of methoxy groups -OCH3 is 1. The summed E-state index contributed by atoms with van der Waals surface area (Å²) in [5.74, 6) is 0.240. The maximum atomic E-state index is 12.2. The van der Waals surface area contributed by atoms with Crippen LogP contribution in [0.4, 0.5) is 0 Å². The second-order valence-corrected chi connectivity index (χ2v) is 5.40. The molecule has 1 aliphatic heterocycles. The Kier molecular flexibility index (Phi) is 3.52. The molecule has 0 N–H and O–H groups in total. The Morgan fingerprint density at radius 1 is 1.41 bits per heavy atom. The van der Waals surface area contributed by atoms with Crippen molar-refractivity contribution in [2.45, 2.75) is 26.0 Å². The summed E-state index contributed by atoms with van der Waals surface area (Å²) in [7, 11) is 3.10. The van der Waals surface area contributed by atoms with Gasteiger partial charge < -0.3 is 9.47 Å². The first-order valence-electron chi connectivity index (χ1n) is 7.12. The third-order valence-electron chi connectivity index (χ3n) is 4.08. The van der Waals surface area contributed by atoms with Crippen molar-refractivity contribution in [2.24, 2.45) is 7.05 Å². The lowest BCUT2D eigenvalue weighted by atomic mass is 10.1. The van der Waals surface area contributed by atoms with Crippen molar-refractivity contribution in [1.29, 1.82) is 0 Å². The van der Waals surface area contributed by atoms with Gasteiger partial charge in [-0.1, -0.05) is 12.1 Å². The van der Waals surface area contributed by atoms with Gasteiger partial charge in [0, 0.05) is 13.5 Å². The van der Waals surface area contributed by atoms with Gasteiger partial charge in [-0.2, -0.15) is 0 Å². The van der Waals surface area contributed by atoms with E-state index < -0.39 is 0 Å². The second kappa shape index (κ2) is 5.36. The summed E-state index contributed by atoms with van der Waals surface area (Å²) in [5, 5.41) is 0.681. The molecule has 3 rings (SSSR count). The molecule has 2 aromatic rings. The number of allylic oxidation sites excluding steroid dienone is 1. The lowest BCUT2D eigenvalue weighted by Crippen LogP contribution is -2.25. The number of carbonyl (C=O) groups excluding carboxylic acids is 1. The lowest BCUT2D eigenvalue weighted by Gasteiger charge is -2.15. The van der Waals surface area contributed by atoms with E-state index >= 15 is 0 Å². The molecule has 2 heterocycles. The molecule has 6 heteroatoms. The molecule has 0 bridgehead atoms. The minimum Gasteiger partial charge on any atom is -0.492 e.